The Labute approximate surface area is 121 Å². The molecule has 0 saturated carbocycles. The SMILES string of the molecule is NC(=O)CN(CC(N)=O)C(=O)N1CCCCC1CC(=O)O. The van der Waals surface area contributed by atoms with E-state index < -0.39 is 42.9 Å². The lowest BCUT2D eigenvalue weighted by molar-refractivity contribution is -0.138. The number of nitrogens with zero attached hydrogens (tertiary/aromatic N) is 2. The van der Waals surface area contributed by atoms with E-state index in [1.807, 2.05) is 0 Å². The lowest BCUT2D eigenvalue weighted by Crippen LogP contribution is -2.54. The molecule has 5 N–H and O–H groups in total. The minimum absolute atomic E-state index is 0.174. The molecule has 1 fully saturated rings. The van der Waals surface area contributed by atoms with Gasteiger partial charge in [0.05, 0.1) is 6.42 Å². The highest BCUT2D eigenvalue weighted by atomic mass is 16.4. The number of likely N-dealkylation sites (tertiary alicyclic amines) is 1. The molecule has 118 valence electrons. The summed E-state index contributed by atoms with van der Waals surface area (Å²) in [5.74, 6) is -2.54. The standard InChI is InChI=1S/C12H20N4O5/c13-9(17)6-15(7-10(14)18)12(21)16-4-2-1-3-8(16)5-11(19)20/h8H,1-7H2,(H2,13,17)(H2,14,18)(H,19,20). The van der Waals surface area contributed by atoms with Gasteiger partial charge >= 0.3 is 12.0 Å². The summed E-state index contributed by atoms with van der Waals surface area (Å²) in [5, 5.41) is 8.89. The minimum atomic E-state index is -1.00. The second kappa shape index (κ2) is 7.46. The Morgan fingerprint density at radius 1 is 1.10 bits per heavy atom. The Bertz CT molecular complexity index is 423. The van der Waals surface area contributed by atoms with Crippen LogP contribution in [0.25, 0.3) is 0 Å². The molecule has 0 aliphatic carbocycles. The molecule has 1 unspecified atom stereocenters. The van der Waals surface area contributed by atoms with Gasteiger partial charge in [0.1, 0.15) is 13.1 Å². The highest BCUT2D eigenvalue weighted by molar-refractivity contribution is 5.87. The number of rotatable bonds is 6. The van der Waals surface area contributed by atoms with Gasteiger partial charge in [-0.1, -0.05) is 0 Å². The number of amides is 4. The highest BCUT2D eigenvalue weighted by Crippen LogP contribution is 2.21. The summed E-state index contributed by atoms with van der Waals surface area (Å²) < 4.78 is 0. The van der Waals surface area contributed by atoms with Crippen LogP contribution in [0.5, 0.6) is 0 Å². The molecule has 0 spiro atoms. The second-order valence-electron chi connectivity index (χ2n) is 5.01. The van der Waals surface area contributed by atoms with Crippen LogP contribution in [0.4, 0.5) is 4.79 Å². The predicted molar refractivity (Wildman–Crippen MR) is 72.0 cm³/mol. The van der Waals surface area contributed by atoms with Crippen molar-refractivity contribution in [3.63, 3.8) is 0 Å². The van der Waals surface area contributed by atoms with E-state index in [1.54, 1.807) is 0 Å². The third kappa shape index (κ3) is 5.28. The third-order valence-corrected chi connectivity index (χ3v) is 3.25. The van der Waals surface area contributed by atoms with Crippen LogP contribution in [-0.4, -0.2) is 64.4 Å². The van der Waals surface area contributed by atoms with Gasteiger partial charge < -0.3 is 26.4 Å². The highest BCUT2D eigenvalue weighted by Gasteiger charge is 2.32. The number of hydrogen-bond acceptors (Lipinski definition) is 4. The summed E-state index contributed by atoms with van der Waals surface area (Å²) >= 11 is 0. The number of nitrogens with two attached hydrogens (primary N) is 2. The van der Waals surface area contributed by atoms with Crippen molar-refractivity contribution in [2.75, 3.05) is 19.6 Å². The van der Waals surface area contributed by atoms with Gasteiger partial charge in [-0.05, 0) is 19.3 Å². The molecule has 1 atom stereocenters. The minimum Gasteiger partial charge on any atom is -0.481 e. The Morgan fingerprint density at radius 3 is 2.14 bits per heavy atom. The maximum Gasteiger partial charge on any atom is 0.321 e. The van der Waals surface area contributed by atoms with Crippen molar-refractivity contribution in [2.24, 2.45) is 11.5 Å². The lowest BCUT2D eigenvalue weighted by atomic mass is 10.00. The van der Waals surface area contributed by atoms with Crippen LogP contribution in [0.3, 0.4) is 0 Å². The first-order valence-corrected chi connectivity index (χ1v) is 6.65. The molecule has 0 radical (unpaired) electrons. The number of urea groups is 1. The zero-order chi connectivity index (χ0) is 16.0. The van der Waals surface area contributed by atoms with Gasteiger partial charge in [0.25, 0.3) is 0 Å². The maximum atomic E-state index is 12.4. The molecular weight excluding hydrogens is 280 g/mol. The number of carboxylic acids is 1. The molecule has 0 aromatic rings. The van der Waals surface area contributed by atoms with E-state index in [9.17, 15) is 19.2 Å². The topological polar surface area (TPSA) is 147 Å². The number of aliphatic carboxylic acids is 1. The van der Waals surface area contributed by atoms with Crippen LogP contribution in [0.1, 0.15) is 25.7 Å². The fourth-order valence-electron chi connectivity index (χ4n) is 2.42. The molecule has 9 nitrogen and oxygen atoms in total. The summed E-state index contributed by atoms with van der Waals surface area (Å²) in [6.07, 6.45) is 1.96. The van der Waals surface area contributed by atoms with Crippen LogP contribution in [0, 0.1) is 0 Å². The number of piperidine rings is 1. The summed E-state index contributed by atoms with van der Waals surface area (Å²) in [6.45, 7) is -0.485. The van der Waals surface area contributed by atoms with Gasteiger partial charge in [-0.2, -0.15) is 0 Å². The predicted octanol–water partition coefficient (Wildman–Crippen LogP) is -1.29. The van der Waals surface area contributed by atoms with E-state index in [2.05, 4.69) is 0 Å². The smallest absolute Gasteiger partial charge is 0.321 e. The summed E-state index contributed by atoms with van der Waals surface area (Å²) in [6, 6.07) is -1.04. The van der Waals surface area contributed by atoms with Crippen LogP contribution in [0.2, 0.25) is 0 Å². The van der Waals surface area contributed by atoms with E-state index >= 15 is 0 Å². The van der Waals surface area contributed by atoms with Crippen molar-refractivity contribution in [3.05, 3.63) is 0 Å². The second-order valence-corrected chi connectivity index (χ2v) is 5.01. The van der Waals surface area contributed by atoms with Crippen molar-refractivity contribution < 1.29 is 24.3 Å². The molecule has 9 heteroatoms. The van der Waals surface area contributed by atoms with E-state index in [1.165, 1.54) is 4.90 Å². The van der Waals surface area contributed by atoms with Gasteiger partial charge in [-0.3, -0.25) is 14.4 Å². The number of carbonyl (C=O) groups is 4. The van der Waals surface area contributed by atoms with Crippen LogP contribution in [0.15, 0.2) is 0 Å². The van der Waals surface area contributed by atoms with Gasteiger partial charge in [0, 0.05) is 12.6 Å². The fourth-order valence-corrected chi connectivity index (χ4v) is 2.42. The Balaban J connectivity index is 2.84. The number of carboxylic acid groups (broad SMARTS) is 1. The molecule has 1 rings (SSSR count). The largest absolute Gasteiger partial charge is 0.481 e. The van der Waals surface area contributed by atoms with Crippen molar-refractivity contribution in [1.82, 2.24) is 9.80 Å². The van der Waals surface area contributed by atoms with Crippen LogP contribution >= 0.6 is 0 Å². The van der Waals surface area contributed by atoms with Gasteiger partial charge in [-0.15, -0.1) is 0 Å². The third-order valence-electron chi connectivity index (χ3n) is 3.25. The first-order valence-electron chi connectivity index (χ1n) is 6.65. The van der Waals surface area contributed by atoms with Crippen molar-refractivity contribution in [3.8, 4) is 0 Å². The number of hydrogen-bond donors (Lipinski definition) is 3. The molecule has 21 heavy (non-hydrogen) atoms. The quantitative estimate of drug-likeness (QED) is 0.558. The average molecular weight is 300 g/mol. The molecule has 1 aliphatic rings. The lowest BCUT2D eigenvalue weighted by Gasteiger charge is -2.38. The van der Waals surface area contributed by atoms with Gasteiger partial charge in [0.15, 0.2) is 0 Å². The van der Waals surface area contributed by atoms with Crippen molar-refractivity contribution in [2.45, 2.75) is 31.7 Å². The molecular formula is C12H20N4O5. The van der Waals surface area contributed by atoms with Crippen LogP contribution < -0.4 is 11.5 Å². The Kier molecular flexibility index (Phi) is 5.94. The van der Waals surface area contributed by atoms with Crippen molar-refractivity contribution >= 4 is 23.8 Å². The van der Waals surface area contributed by atoms with Gasteiger partial charge in [-0.25, -0.2) is 4.79 Å². The zero-order valence-electron chi connectivity index (χ0n) is 11.7. The molecule has 0 aromatic heterocycles. The molecule has 1 saturated heterocycles. The van der Waals surface area contributed by atoms with Crippen LogP contribution in [-0.2, 0) is 14.4 Å². The van der Waals surface area contributed by atoms with E-state index in [-0.39, 0.29) is 6.42 Å². The normalized spacial score (nSPS) is 18.1. The molecule has 1 aliphatic heterocycles. The number of carbonyl (C=O) groups excluding carboxylic acids is 3. The fraction of sp³-hybridized carbons (Fsp3) is 0.667. The monoisotopic (exact) mass is 300 g/mol. The van der Waals surface area contributed by atoms with E-state index in [0.717, 1.165) is 17.7 Å². The first-order chi connectivity index (χ1) is 9.81. The summed E-state index contributed by atoms with van der Waals surface area (Å²) in [5.41, 5.74) is 10.1. The Hall–Kier alpha value is -2.32. The average Bonchev–Trinajstić information content (AvgIpc) is 2.36. The Morgan fingerprint density at radius 2 is 1.67 bits per heavy atom. The maximum absolute atomic E-state index is 12.4. The summed E-state index contributed by atoms with van der Waals surface area (Å²) in [7, 11) is 0. The number of primary amides is 2. The van der Waals surface area contributed by atoms with E-state index in [0.29, 0.717) is 13.0 Å². The molecule has 1 heterocycles. The molecule has 0 bridgehead atoms. The molecule has 4 amide bonds. The van der Waals surface area contributed by atoms with Gasteiger partial charge in [0.2, 0.25) is 11.8 Å². The summed E-state index contributed by atoms with van der Waals surface area (Å²) in [4.78, 5) is 47.6. The molecule has 0 aromatic carbocycles. The zero-order valence-corrected chi connectivity index (χ0v) is 11.7. The van der Waals surface area contributed by atoms with Crippen molar-refractivity contribution in [1.29, 1.82) is 0 Å². The first kappa shape index (κ1) is 16.7. The van der Waals surface area contributed by atoms with E-state index in [4.69, 9.17) is 16.6 Å².